The van der Waals surface area contributed by atoms with Gasteiger partial charge in [-0.25, -0.2) is 0 Å². The lowest BCUT2D eigenvalue weighted by atomic mass is 10.0. The molecule has 1 aliphatic rings. The van der Waals surface area contributed by atoms with Crippen molar-refractivity contribution in [1.29, 1.82) is 0 Å². The summed E-state index contributed by atoms with van der Waals surface area (Å²) >= 11 is 0. The molecule has 0 saturated carbocycles. The van der Waals surface area contributed by atoms with Crippen LogP contribution < -0.4 is 19.7 Å². The first kappa shape index (κ1) is 19.8. The average molecular weight is 387 g/mol. The van der Waals surface area contributed by atoms with Gasteiger partial charge >= 0.3 is 0 Å². The molecule has 1 aliphatic heterocycles. The second-order valence-electron chi connectivity index (χ2n) is 6.75. The van der Waals surface area contributed by atoms with Crippen LogP contribution in [0.4, 0.5) is 17.1 Å². The van der Waals surface area contributed by atoms with Gasteiger partial charge in [0.25, 0.3) is 5.69 Å². The number of anilines is 2. The van der Waals surface area contributed by atoms with Gasteiger partial charge in [-0.2, -0.15) is 0 Å². The van der Waals surface area contributed by atoms with E-state index in [4.69, 9.17) is 9.47 Å². The highest BCUT2D eigenvalue weighted by molar-refractivity contribution is 5.65. The molecule has 1 heterocycles. The van der Waals surface area contributed by atoms with Crippen LogP contribution in [0.5, 0.6) is 11.5 Å². The largest absolute Gasteiger partial charge is 0.497 e. The van der Waals surface area contributed by atoms with Gasteiger partial charge in [-0.3, -0.25) is 10.1 Å². The van der Waals surface area contributed by atoms with Crippen molar-refractivity contribution >= 4 is 17.1 Å². The van der Waals surface area contributed by atoms with Crippen molar-refractivity contribution in [3.63, 3.8) is 0 Å². The molecule has 8 heteroatoms. The lowest BCUT2D eigenvalue weighted by Gasteiger charge is -2.34. The third-order valence-electron chi connectivity index (χ3n) is 4.98. The summed E-state index contributed by atoms with van der Waals surface area (Å²) < 4.78 is 10.6. The van der Waals surface area contributed by atoms with E-state index in [1.807, 2.05) is 23.1 Å². The highest BCUT2D eigenvalue weighted by atomic mass is 16.6. The molecule has 0 aromatic heterocycles. The van der Waals surface area contributed by atoms with Crippen LogP contribution in [0.3, 0.4) is 0 Å². The molecule has 2 aromatic carbocycles. The number of rotatable bonds is 7. The second kappa shape index (κ2) is 8.79. The third kappa shape index (κ3) is 4.45. The minimum atomic E-state index is -0.372. The van der Waals surface area contributed by atoms with E-state index >= 15 is 0 Å². The van der Waals surface area contributed by atoms with Crippen LogP contribution >= 0.6 is 0 Å². The molecule has 3 rings (SSSR count). The first-order valence-electron chi connectivity index (χ1n) is 9.16. The van der Waals surface area contributed by atoms with Crippen molar-refractivity contribution in [3.05, 3.63) is 52.1 Å². The zero-order valence-corrected chi connectivity index (χ0v) is 16.1. The number of hydrogen-bond donors (Lipinski definition) is 2. The summed E-state index contributed by atoms with van der Waals surface area (Å²) in [5, 5.41) is 24.2. The Labute approximate surface area is 163 Å². The van der Waals surface area contributed by atoms with Gasteiger partial charge in [-0.05, 0) is 30.5 Å². The van der Waals surface area contributed by atoms with E-state index in [-0.39, 0.29) is 23.3 Å². The van der Waals surface area contributed by atoms with E-state index < -0.39 is 0 Å². The van der Waals surface area contributed by atoms with E-state index in [9.17, 15) is 15.2 Å². The zero-order valence-electron chi connectivity index (χ0n) is 16.1. The fourth-order valence-electron chi connectivity index (χ4n) is 3.47. The van der Waals surface area contributed by atoms with Gasteiger partial charge in [0.05, 0.1) is 25.7 Å². The number of benzene rings is 2. The van der Waals surface area contributed by atoms with Crippen LogP contribution in [0.15, 0.2) is 36.4 Å². The Morgan fingerprint density at radius 1 is 1.14 bits per heavy atom. The Bertz CT molecular complexity index is 812. The number of piperidine rings is 1. The number of ether oxygens (including phenoxy) is 2. The number of methoxy groups -OCH3 is 2. The van der Waals surface area contributed by atoms with Crippen LogP contribution in [0, 0.1) is 10.1 Å². The molecule has 0 amide bonds. The number of aliphatic hydroxyl groups is 1. The summed E-state index contributed by atoms with van der Waals surface area (Å²) in [5.41, 5.74) is 2.23. The Morgan fingerprint density at radius 3 is 2.32 bits per heavy atom. The molecule has 150 valence electrons. The van der Waals surface area contributed by atoms with E-state index in [1.165, 1.54) is 6.07 Å². The molecular weight excluding hydrogens is 362 g/mol. The SMILES string of the molecule is COc1cc(NC2CCN(c3cc(CO)ccc3[N+](=O)[O-])CC2)cc(OC)c1. The molecule has 0 bridgehead atoms. The van der Waals surface area contributed by atoms with Gasteiger partial charge < -0.3 is 24.8 Å². The number of aliphatic hydroxyl groups excluding tert-OH is 1. The molecule has 8 nitrogen and oxygen atoms in total. The minimum Gasteiger partial charge on any atom is -0.497 e. The lowest BCUT2D eigenvalue weighted by Crippen LogP contribution is -2.39. The summed E-state index contributed by atoms with van der Waals surface area (Å²) in [7, 11) is 3.23. The van der Waals surface area contributed by atoms with Crippen LogP contribution in [0.25, 0.3) is 0 Å². The van der Waals surface area contributed by atoms with E-state index in [1.54, 1.807) is 26.4 Å². The summed E-state index contributed by atoms with van der Waals surface area (Å²) in [6, 6.07) is 10.7. The summed E-state index contributed by atoms with van der Waals surface area (Å²) in [6.45, 7) is 1.24. The normalized spacial score (nSPS) is 14.6. The fraction of sp³-hybridized carbons (Fsp3) is 0.400. The first-order valence-corrected chi connectivity index (χ1v) is 9.16. The van der Waals surface area contributed by atoms with Crippen LogP contribution in [-0.2, 0) is 6.61 Å². The number of hydrogen-bond acceptors (Lipinski definition) is 7. The number of nitrogens with one attached hydrogen (secondary N) is 1. The van der Waals surface area contributed by atoms with Gasteiger partial charge in [0.1, 0.15) is 17.2 Å². The molecule has 2 aromatic rings. The summed E-state index contributed by atoms with van der Waals surface area (Å²) in [4.78, 5) is 13.0. The molecule has 28 heavy (non-hydrogen) atoms. The first-order chi connectivity index (χ1) is 13.5. The molecule has 0 aliphatic carbocycles. The Hall–Kier alpha value is -3.00. The number of nitrogens with zero attached hydrogens (tertiary/aromatic N) is 2. The quantitative estimate of drug-likeness (QED) is 0.556. The maximum absolute atomic E-state index is 11.4. The molecule has 0 atom stereocenters. The van der Waals surface area contributed by atoms with Crippen molar-refractivity contribution in [2.75, 3.05) is 37.5 Å². The van der Waals surface area contributed by atoms with Gasteiger partial charge in [-0.15, -0.1) is 0 Å². The number of nitro benzene ring substituents is 1. The average Bonchev–Trinajstić information content (AvgIpc) is 2.73. The smallest absolute Gasteiger partial charge is 0.292 e. The highest BCUT2D eigenvalue weighted by Crippen LogP contribution is 2.33. The Morgan fingerprint density at radius 2 is 1.79 bits per heavy atom. The molecule has 0 radical (unpaired) electrons. The molecule has 0 unspecified atom stereocenters. The molecule has 0 spiro atoms. The molecule has 2 N–H and O–H groups in total. The maximum atomic E-state index is 11.4. The lowest BCUT2D eigenvalue weighted by molar-refractivity contribution is -0.384. The van der Waals surface area contributed by atoms with Crippen molar-refractivity contribution in [3.8, 4) is 11.5 Å². The fourth-order valence-corrected chi connectivity index (χ4v) is 3.47. The minimum absolute atomic E-state index is 0.0705. The maximum Gasteiger partial charge on any atom is 0.292 e. The van der Waals surface area contributed by atoms with Gasteiger partial charge in [0.2, 0.25) is 0 Å². The van der Waals surface area contributed by atoms with E-state index in [2.05, 4.69) is 5.32 Å². The van der Waals surface area contributed by atoms with Crippen LogP contribution in [-0.4, -0.2) is 43.4 Å². The monoisotopic (exact) mass is 387 g/mol. The predicted molar refractivity (Wildman–Crippen MR) is 107 cm³/mol. The zero-order chi connectivity index (χ0) is 20.1. The van der Waals surface area contributed by atoms with Crippen LogP contribution in [0.2, 0.25) is 0 Å². The highest BCUT2D eigenvalue weighted by Gasteiger charge is 2.25. The Kier molecular flexibility index (Phi) is 6.20. The number of nitro groups is 1. The standard InChI is InChI=1S/C20H25N3O5/c1-27-17-10-16(11-18(12-17)28-2)21-15-5-7-22(8-6-15)20-9-14(13-24)3-4-19(20)23(25)26/h3-4,9-12,15,21,24H,5-8,13H2,1-2H3. The van der Waals surface area contributed by atoms with Gasteiger partial charge in [0.15, 0.2) is 0 Å². The van der Waals surface area contributed by atoms with Gasteiger partial charge in [-0.1, -0.05) is 0 Å². The van der Waals surface area contributed by atoms with Crippen molar-refractivity contribution in [1.82, 2.24) is 0 Å². The molecule has 1 fully saturated rings. The molecule has 1 saturated heterocycles. The van der Waals surface area contributed by atoms with Gasteiger partial charge in [0, 0.05) is 49.1 Å². The molecular formula is C20H25N3O5. The Balaban J connectivity index is 1.69. The van der Waals surface area contributed by atoms with Crippen LogP contribution in [0.1, 0.15) is 18.4 Å². The van der Waals surface area contributed by atoms with E-state index in [0.717, 1.165) is 30.0 Å². The van der Waals surface area contributed by atoms with Crippen molar-refractivity contribution in [2.45, 2.75) is 25.5 Å². The third-order valence-corrected chi connectivity index (χ3v) is 4.98. The van der Waals surface area contributed by atoms with Crippen molar-refractivity contribution in [2.24, 2.45) is 0 Å². The predicted octanol–water partition coefficient (Wildman–Crippen LogP) is 3.19. The topological polar surface area (TPSA) is 97.1 Å². The summed E-state index contributed by atoms with van der Waals surface area (Å²) in [6.07, 6.45) is 1.67. The second-order valence-corrected chi connectivity index (χ2v) is 6.75. The summed E-state index contributed by atoms with van der Waals surface area (Å²) in [5.74, 6) is 1.44. The van der Waals surface area contributed by atoms with Crippen molar-refractivity contribution < 1.29 is 19.5 Å². The van der Waals surface area contributed by atoms with E-state index in [0.29, 0.717) is 24.3 Å².